The Hall–Kier alpha value is -1.18. The molecule has 0 aromatic heterocycles. The van der Waals surface area contributed by atoms with Crippen molar-refractivity contribution in [3.63, 3.8) is 0 Å². The van der Waals surface area contributed by atoms with Crippen LogP contribution in [0.2, 0.25) is 0 Å². The summed E-state index contributed by atoms with van der Waals surface area (Å²) in [6.45, 7) is 6.85. The first kappa shape index (κ1) is 13.3. The standard InChI is InChI=1S/C16H26N2/c1-3-5-9-14-13-17-15-10-7-8-11-16(15)18(14)12-6-4-2/h7-8,10-11,14,17H,3-6,9,12-13H2,1-2H3. The summed E-state index contributed by atoms with van der Waals surface area (Å²) in [4.78, 5) is 2.63. The minimum Gasteiger partial charge on any atom is -0.381 e. The summed E-state index contributed by atoms with van der Waals surface area (Å²) < 4.78 is 0. The Morgan fingerprint density at radius 1 is 1.17 bits per heavy atom. The monoisotopic (exact) mass is 246 g/mol. The lowest BCUT2D eigenvalue weighted by Crippen LogP contribution is -2.44. The molecule has 1 heterocycles. The molecule has 100 valence electrons. The van der Waals surface area contributed by atoms with Crippen molar-refractivity contribution in [1.29, 1.82) is 0 Å². The zero-order valence-electron chi connectivity index (χ0n) is 11.8. The van der Waals surface area contributed by atoms with E-state index in [2.05, 4.69) is 48.3 Å². The van der Waals surface area contributed by atoms with Crippen LogP contribution in [0.3, 0.4) is 0 Å². The predicted molar refractivity (Wildman–Crippen MR) is 80.5 cm³/mol. The summed E-state index contributed by atoms with van der Waals surface area (Å²) in [6.07, 6.45) is 6.49. The van der Waals surface area contributed by atoms with Gasteiger partial charge in [0.1, 0.15) is 0 Å². The van der Waals surface area contributed by atoms with Gasteiger partial charge in [-0.05, 0) is 25.0 Å². The van der Waals surface area contributed by atoms with Gasteiger partial charge in [0.2, 0.25) is 0 Å². The summed E-state index contributed by atoms with van der Waals surface area (Å²) >= 11 is 0. The normalized spacial score (nSPS) is 18.3. The molecule has 2 nitrogen and oxygen atoms in total. The van der Waals surface area contributed by atoms with E-state index in [1.54, 1.807) is 0 Å². The molecule has 1 aromatic carbocycles. The maximum absolute atomic E-state index is 3.59. The molecule has 1 atom stereocenters. The first-order valence-corrected chi connectivity index (χ1v) is 7.46. The molecule has 0 amide bonds. The molecule has 0 saturated carbocycles. The van der Waals surface area contributed by atoms with Crippen LogP contribution in [-0.2, 0) is 0 Å². The molecular weight excluding hydrogens is 220 g/mol. The summed E-state index contributed by atoms with van der Waals surface area (Å²) in [6, 6.07) is 9.41. The lowest BCUT2D eigenvalue weighted by molar-refractivity contribution is 0.525. The van der Waals surface area contributed by atoms with Gasteiger partial charge in [-0.15, -0.1) is 0 Å². The second-order valence-corrected chi connectivity index (χ2v) is 5.24. The molecule has 0 radical (unpaired) electrons. The SMILES string of the molecule is CCCCC1CNc2ccccc2N1CCCC. The Kier molecular flexibility index (Phi) is 4.91. The highest BCUT2D eigenvalue weighted by molar-refractivity contribution is 5.72. The molecule has 2 rings (SSSR count). The van der Waals surface area contributed by atoms with Crippen LogP contribution >= 0.6 is 0 Å². The molecule has 0 bridgehead atoms. The van der Waals surface area contributed by atoms with E-state index in [0.717, 1.165) is 6.54 Å². The third kappa shape index (κ3) is 2.98. The Bertz CT molecular complexity index is 362. The molecule has 0 saturated heterocycles. The van der Waals surface area contributed by atoms with E-state index in [9.17, 15) is 0 Å². The highest BCUT2D eigenvalue weighted by atomic mass is 15.2. The molecule has 0 fully saturated rings. The van der Waals surface area contributed by atoms with Gasteiger partial charge in [0.05, 0.1) is 11.4 Å². The van der Waals surface area contributed by atoms with Crippen LogP contribution in [0.25, 0.3) is 0 Å². The van der Waals surface area contributed by atoms with E-state index >= 15 is 0 Å². The second-order valence-electron chi connectivity index (χ2n) is 5.24. The fraction of sp³-hybridized carbons (Fsp3) is 0.625. The Morgan fingerprint density at radius 3 is 2.72 bits per heavy atom. The second kappa shape index (κ2) is 6.67. The number of anilines is 2. The summed E-state index contributed by atoms with van der Waals surface area (Å²) in [5, 5.41) is 3.59. The van der Waals surface area contributed by atoms with Gasteiger partial charge < -0.3 is 10.2 Å². The van der Waals surface area contributed by atoms with Gasteiger partial charge in [0.25, 0.3) is 0 Å². The Morgan fingerprint density at radius 2 is 1.94 bits per heavy atom. The van der Waals surface area contributed by atoms with Gasteiger partial charge in [-0.2, -0.15) is 0 Å². The van der Waals surface area contributed by atoms with Crippen molar-refractivity contribution in [1.82, 2.24) is 0 Å². The Labute approximate surface area is 111 Å². The first-order valence-electron chi connectivity index (χ1n) is 7.46. The van der Waals surface area contributed by atoms with Crippen molar-refractivity contribution in [2.24, 2.45) is 0 Å². The van der Waals surface area contributed by atoms with Gasteiger partial charge in [-0.25, -0.2) is 0 Å². The predicted octanol–water partition coefficient (Wildman–Crippen LogP) is 4.28. The maximum Gasteiger partial charge on any atom is 0.0605 e. The van der Waals surface area contributed by atoms with E-state index in [1.165, 1.54) is 50.0 Å². The molecule has 1 unspecified atom stereocenters. The highest BCUT2D eigenvalue weighted by Crippen LogP contribution is 2.32. The summed E-state index contributed by atoms with van der Waals surface area (Å²) in [7, 11) is 0. The number of hydrogen-bond donors (Lipinski definition) is 1. The molecule has 18 heavy (non-hydrogen) atoms. The molecule has 1 N–H and O–H groups in total. The van der Waals surface area contributed by atoms with Gasteiger partial charge in [0, 0.05) is 19.1 Å². The lowest BCUT2D eigenvalue weighted by Gasteiger charge is -2.39. The number of para-hydroxylation sites is 2. The molecule has 0 aliphatic carbocycles. The summed E-state index contributed by atoms with van der Waals surface area (Å²) in [5.74, 6) is 0. The van der Waals surface area contributed by atoms with E-state index in [4.69, 9.17) is 0 Å². The molecule has 2 heteroatoms. The van der Waals surface area contributed by atoms with Crippen molar-refractivity contribution in [2.75, 3.05) is 23.3 Å². The van der Waals surface area contributed by atoms with Crippen molar-refractivity contribution in [2.45, 2.75) is 52.0 Å². The van der Waals surface area contributed by atoms with Crippen LogP contribution in [0.1, 0.15) is 46.0 Å². The van der Waals surface area contributed by atoms with Crippen LogP contribution in [0.15, 0.2) is 24.3 Å². The Balaban J connectivity index is 2.13. The van der Waals surface area contributed by atoms with Gasteiger partial charge >= 0.3 is 0 Å². The average molecular weight is 246 g/mol. The van der Waals surface area contributed by atoms with E-state index in [1.807, 2.05) is 0 Å². The molecule has 0 spiro atoms. The number of rotatable bonds is 6. The quantitative estimate of drug-likeness (QED) is 0.806. The number of nitrogens with one attached hydrogen (secondary N) is 1. The van der Waals surface area contributed by atoms with Crippen LogP contribution in [0, 0.1) is 0 Å². The van der Waals surface area contributed by atoms with Crippen LogP contribution in [0.4, 0.5) is 11.4 Å². The van der Waals surface area contributed by atoms with Crippen molar-refractivity contribution >= 4 is 11.4 Å². The molecule has 1 aliphatic rings. The third-order valence-corrected chi connectivity index (χ3v) is 3.83. The van der Waals surface area contributed by atoms with E-state index < -0.39 is 0 Å². The third-order valence-electron chi connectivity index (χ3n) is 3.83. The first-order chi connectivity index (χ1) is 8.86. The average Bonchev–Trinajstić information content (AvgIpc) is 2.43. The van der Waals surface area contributed by atoms with Gasteiger partial charge in [-0.3, -0.25) is 0 Å². The molecule has 1 aromatic rings. The number of hydrogen-bond acceptors (Lipinski definition) is 2. The zero-order chi connectivity index (χ0) is 12.8. The fourth-order valence-corrected chi connectivity index (χ4v) is 2.74. The van der Waals surface area contributed by atoms with E-state index in [-0.39, 0.29) is 0 Å². The van der Waals surface area contributed by atoms with Crippen molar-refractivity contribution < 1.29 is 0 Å². The molecule has 1 aliphatic heterocycles. The van der Waals surface area contributed by atoms with Crippen LogP contribution in [0.5, 0.6) is 0 Å². The highest BCUT2D eigenvalue weighted by Gasteiger charge is 2.24. The smallest absolute Gasteiger partial charge is 0.0605 e. The van der Waals surface area contributed by atoms with Crippen molar-refractivity contribution in [3.8, 4) is 0 Å². The topological polar surface area (TPSA) is 15.3 Å². The number of benzene rings is 1. The lowest BCUT2D eigenvalue weighted by atomic mass is 10.0. The number of unbranched alkanes of at least 4 members (excludes halogenated alkanes) is 2. The zero-order valence-corrected chi connectivity index (χ0v) is 11.8. The number of fused-ring (bicyclic) bond motifs is 1. The fourth-order valence-electron chi connectivity index (χ4n) is 2.74. The van der Waals surface area contributed by atoms with Gasteiger partial charge in [-0.1, -0.05) is 45.2 Å². The minimum atomic E-state index is 0.673. The number of nitrogens with zero attached hydrogens (tertiary/aromatic N) is 1. The minimum absolute atomic E-state index is 0.673. The largest absolute Gasteiger partial charge is 0.381 e. The van der Waals surface area contributed by atoms with Crippen molar-refractivity contribution in [3.05, 3.63) is 24.3 Å². The molecular formula is C16H26N2. The maximum atomic E-state index is 3.59. The van der Waals surface area contributed by atoms with Gasteiger partial charge in [0.15, 0.2) is 0 Å². The van der Waals surface area contributed by atoms with Crippen LogP contribution < -0.4 is 10.2 Å². The summed E-state index contributed by atoms with van der Waals surface area (Å²) in [5.41, 5.74) is 2.71. The van der Waals surface area contributed by atoms with Crippen LogP contribution in [-0.4, -0.2) is 19.1 Å². The van der Waals surface area contributed by atoms with E-state index in [0.29, 0.717) is 6.04 Å².